The first-order valence-electron chi connectivity index (χ1n) is 7.49. The molecular weight excluding hydrogens is 331 g/mol. The van der Waals surface area contributed by atoms with Gasteiger partial charge in [-0.3, -0.25) is 9.79 Å². The summed E-state index contributed by atoms with van der Waals surface area (Å²) < 4.78 is 0. The molecule has 0 aliphatic carbocycles. The van der Waals surface area contributed by atoms with E-state index in [1.165, 1.54) is 0 Å². The minimum absolute atomic E-state index is 0.175. The number of hydrogen-bond donors (Lipinski definition) is 1. The van der Waals surface area contributed by atoms with E-state index in [9.17, 15) is 4.79 Å². The highest BCUT2D eigenvalue weighted by Crippen LogP contribution is 2.26. The summed E-state index contributed by atoms with van der Waals surface area (Å²) in [6.45, 7) is 2.07. The number of rotatable bonds is 3. The quantitative estimate of drug-likeness (QED) is 0.876. The number of nitrogens with one attached hydrogen (secondary N) is 1. The zero-order valence-electron chi connectivity index (χ0n) is 12.6. The van der Waals surface area contributed by atoms with Crippen molar-refractivity contribution in [3.05, 3.63) is 64.2 Å². The second-order valence-electron chi connectivity index (χ2n) is 5.45. The Hall–Kier alpha value is -1.84. The van der Waals surface area contributed by atoms with Crippen molar-refractivity contribution in [1.82, 2.24) is 0 Å². The number of halogens is 2. The minimum atomic E-state index is -0.597. The van der Waals surface area contributed by atoms with Crippen LogP contribution < -0.4 is 5.32 Å². The van der Waals surface area contributed by atoms with Crippen LogP contribution in [0.25, 0.3) is 0 Å². The van der Waals surface area contributed by atoms with E-state index in [1.54, 1.807) is 6.07 Å². The van der Waals surface area contributed by atoms with Crippen LogP contribution in [-0.4, -0.2) is 17.1 Å². The fourth-order valence-corrected chi connectivity index (χ4v) is 3.07. The molecule has 3 rings (SSSR count). The summed E-state index contributed by atoms with van der Waals surface area (Å²) in [7, 11) is 0. The van der Waals surface area contributed by atoms with E-state index in [4.69, 9.17) is 23.2 Å². The zero-order chi connectivity index (χ0) is 16.4. The number of fused-ring (bicyclic) bond motifs is 1. The first-order valence-corrected chi connectivity index (χ1v) is 8.25. The lowest BCUT2D eigenvalue weighted by Crippen LogP contribution is -2.27. The largest absolute Gasteiger partial charge is 0.324 e. The van der Waals surface area contributed by atoms with Crippen molar-refractivity contribution in [3.8, 4) is 0 Å². The van der Waals surface area contributed by atoms with Crippen LogP contribution in [0.1, 0.15) is 23.6 Å². The molecule has 118 valence electrons. The standard InChI is InChI=1S/C18H16Cl2N2O/c1-2-11-7-8-15-13(9-11)17(20)21-16(18(23)22-15)10-12-5-3-4-6-14(12)19/h3-9,16H,2,10H2,1H3,(H,22,23). The molecule has 0 bridgehead atoms. The molecule has 1 atom stereocenters. The van der Waals surface area contributed by atoms with Gasteiger partial charge in [-0.05, 0) is 35.7 Å². The van der Waals surface area contributed by atoms with E-state index >= 15 is 0 Å². The van der Waals surface area contributed by atoms with E-state index in [0.717, 1.165) is 23.1 Å². The van der Waals surface area contributed by atoms with Crippen molar-refractivity contribution in [2.75, 3.05) is 5.32 Å². The molecule has 1 aliphatic heterocycles. The van der Waals surface area contributed by atoms with Crippen LogP contribution >= 0.6 is 23.2 Å². The lowest BCUT2D eigenvalue weighted by molar-refractivity contribution is -0.117. The molecule has 5 heteroatoms. The smallest absolute Gasteiger partial charge is 0.249 e. The molecule has 0 saturated heterocycles. The Balaban J connectivity index is 1.94. The van der Waals surface area contributed by atoms with Crippen molar-refractivity contribution < 1.29 is 4.79 Å². The zero-order valence-corrected chi connectivity index (χ0v) is 14.2. The Bertz CT molecular complexity index is 786. The number of amides is 1. The molecule has 23 heavy (non-hydrogen) atoms. The molecule has 2 aromatic rings. The molecule has 3 nitrogen and oxygen atoms in total. The Kier molecular flexibility index (Phi) is 4.69. The van der Waals surface area contributed by atoms with E-state index in [-0.39, 0.29) is 5.91 Å². The third kappa shape index (κ3) is 3.41. The van der Waals surface area contributed by atoms with E-state index < -0.39 is 6.04 Å². The number of aryl methyl sites for hydroxylation is 1. The van der Waals surface area contributed by atoms with Crippen LogP contribution in [0.15, 0.2) is 47.5 Å². The predicted octanol–water partition coefficient (Wildman–Crippen LogP) is 4.45. The number of carbonyl (C=O) groups excluding carboxylic acids is 1. The summed E-state index contributed by atoms with van der Waals surface area (Å²) in [5.41, 5.74) is 3.49. The van der Waals surface area contributed by atoms with Crippen LogP contribution in [0.3, 0.4) is 0 Å². The Labute approximate surface area is 145 Å². The van der Waals surface area contributed by atoms with Gasteiger partial charge in [-0.15, -0.1) is 0 Å². The summed E-state index contributed by atoms with van der Waals surface area (Å²) in [6, 6.07) is 12.7. The SMILES string of the molecule is CCc1ccc2c(c1)C(Cl)=NC(Cc1ccccc1Cl)C(=O)N2. The molecule has 0 fully saturated rings. The van der Waals surface area contributed by atoms with Gasteiger partial charge >= 0.3 is 0 Å². The van der Waals surface area contributed by atoms with Gasteiger partial charge in [0, 0.05) is 17.0 Å². The van der Waals surface area contributed by atoms with Crippen molar-refractivity contribution in [2.45, 2.75) is 25.8 Å². The maximum atomic E-state index is 12.5. The average Bonchev–Trinajstić information content (AvgIpc) is 2.66. The number of carbonyl (C=O) groups is 1. The van der Waals surface area contributed by atoms with Crippen molar-refractivity contribution in [3.63, 3.8) is 0 Å². The molecule has 1 aliphatic rings. The highest BCUT2D eigenvalue weighted by Gasteiger charge is 2.25. The Morgan fingerprint density at radius 1 is 1.17 bits per heavy atom. The molecule has 0 saturated carbocycles. The number of nitrogens with zero attached hydrogens (tertiary/aromatic N) is 1. The van der Waals surface area contributed by atoms with Crippen LogP contribution in [0.4, 0.5) is 5.69 Å². The number of benzene rings is 2. The van der Waals surface area contributed by atoms with Gasteiger partial charge in [0.05, 0.1) is 5.69 Å². The molecular formula is C18H16Cl2N2O. The third-order valence-electron chi connectivity index (χ3n) is 3.92. The van der Waals surface area contributed by atoms with Crippen molar-refractivity contribution >= 4 is 40.0 Å². The first-order chi connectivity index (χ1) is 11.1. The van der Waals surface area contributed by atoms with Gasteiger partial charge < -0.3 is 5.32 Å². The summed E-state index contributed by atoms with van der Waals surface area (Å²) in [5.74, 6) is -0.175. The number of anilines is 1. The highest BCUT2D eigenvalue weighted by atomic mass is 35.5. The molecule has 1 amide bonds. The second-order valence-corrected chi connectivity index (χ2v) is 6.22. The molecule has 1 N–H and O–H groups in total. The summed E-state index contributed by atoms with van der Waals surface area (Å²) >= 11 is 12.6. The van der Waals surface area contributed by atoms with Crippen LogP contribution in [0.5, 0.6) is 0 Å². The van der Waals surface area contributed by atoms with Crippen LogP contribution in [-0.2, 0) is 17.6 Å². The molecule has 0 radical (unpaired) electrons. The minimum Gasteiger partial charge on any atom is -0.324 e. The number of benzodiazepines with no additional fused rings is 1. The second kappa shape index (κ2) is 6.73. The topological polar surface area (TPSA) is 41.5 Å². The van der Waals surface area contributed by atoms with Gasteiger partial charge in [0.25, 0.3) is 0 Å². The van der Waals surface area contributed by atoms with Gasteiger partial charge in [-0.2, -0.15) is 0 Å². The Morgan fingerprint density at radius 2 is 1.96 bits per heavy atom. The van der Waals surface area contributed by atoms with E-state index in [2.05, 4.69) is 17.2 Å². The molecule has 1 unspecified atom stereocenters. The molecule has 0 spiro atoms. The Morgan fingerprint density at radius 3 is 2.70 bits per heavy atom. The summed E-state index contributed by atoms with van der Waals surface area (Å²) in [4.78, 5) is 16.9. The molecule has 2 aromatic carbocycles. The molecule has 1 heterocycles. The average molecular weight is 347 g/mol. The van der Waals surface area contributed by atoms with Crippen molar-refractivity contribution in [2.24, 2.45) is 4.99 Å². The predicted molar refractivity (Wildman–Crippen MR) is 95.8 cm³/mol. The fraction of sp³-hybridized carbons (Fsp3) is 0.222. The van der Waals surface area contributed by atoms with E-state index in [0.29, 0.717) is 22.3 Å². The third-order valence-corrected chi connectivity index (χ3v) is 4.59. The van der Waals surface area contributed by atoms with Crippen molar-refractivity contribution in [1.29, 1.82) is 0 Å². The maximum Gasteiger partial charge on any atom is 0.249 e. The molecule has 0 aromatic heterocycles. The van der Waals surface area contributed by atoms with Crippen LogP contribution in [0, 0.1) is 0 Å². The maximum absolute atomic E-state index is 12.5. The van der Waals surface area contributed by atoms with Gasteiger partial charge in [0.15, 0.2) is 0 Å². The van der Waals surface area contributed by atoms with Gasteiger partial charge in [-0.1, -0.05) is 54.4 Å². The summed E-state index contributed by atoms with van der Waals surface area (Å²) in [5, 5.41) is 3.89. The monoisotopic (exact) mass is 346 g/mol. The summed E-state index contributed by atoms with van der Waals surface area (Å²) in [6.07, 6.45) is 1.31. The number of aliphatic imine (C=N–C) groups is 1. The van der Waals surface area contributed by atoms with Gasteiger partial charge in [0.1, 0.15) is 11.2 Å². The lowest BCUT2D eigenvalue weighted by Gasteiger charge is -2.12. The normalized spacial score (nSPS) is 17.1. The van der Waals surface area contributed by atoms with E-state index in [1.807, 2.05) is 36.4 Å². The fourth-order valence-electron chi connectivity index (χ4n) is 2.58. The van der Waals surface area contributed by atoms with Gasteiger partial charge in [0.2, 0.25) is 5.91 Å². The first kappa shape index (κ1) is 16.0. The lowest BCUT2D eigenvalue weighted by atomic mass is 10.1. The highest BCUT2D eigenvalue weighted by molar-refractivity contribution is 6.70. The number of hydrogen-bond acceptors (Lipinski definition) is 2. The van der Waals surface area contributed by atoms with Crippen LogP contribution in [0.2, 0.25) is 5.02 Å². The van der Waals surface area contributed by atoms with Gasteiger partial charge in [-0.25, -0.2) is 0 Å².